The summed E-state index contributed by atoms with van der Waals surface area (Å²) in [5.74, 6) is -1.48. The van der Waals surface area contributed by atoms with Gasteiger partial charge in [0.2, 0.25) is 0 Å². The van der Waals surface area contributed by atoms with Crippen LogP contribution in [0.1, 0.15) is 5.56 Å². The van der Waals surface area contributed by atoms with E-state index >= 15 is 0 Å². The molecule has 1 aromatic rings. The summed E-state index contributed by atoms with van der Waals surface area (Å²) in [4.78, 5) is 10.6. The van der Waals surface area contributed by atoms with Crippen molar-refractivity contribution in [1.29, 1.82) is 0 Å². The van der Waals surface area contributed by atoms with Crippen LogP contribution in [0, 0.1) is 0 Å². The fourth-order valence-corrected chi connectivity index (χ4v) is 0.898. The number of ether oxygens (including phenoxy) is 1. The van der Waals surface area contributed by atoms with Gasteiger partial charge in [-0.25, -0.2) is 4.79 Å². The minimum atomic E-state index is -4.98. The predicted molar refractivity (Wildman–Crippen MR) is 49.3 cm³/mol. The summed E-state index contributed by atoms with van der Waals surface area (Å²) in [6, 6.07) is 5.56. The summed E-state index contributed by atoms with van der Waals surface area (Å²) in [6.45, 7) is 0. The number of alkyl halides is 3. The van der Waals surface area contributed by atoms with Gasteiger partial charge in [0.05, 0.1) is 0 Å². The molecule has 0 radical (unpaired) electrons. The van der Waals surface area contributed by atoms with Crippen molar-refractivity contribution < 1.29 is 27.8 Å². The van der Waals surface area contributed by atoms with Crippen LogP contribution >= 0.6 is 0 Å². The lowest BCUT2D eigenvalue weighted by atomic mass is 10.2. The highest BCUT2D eigenvalue weighted by atomic mass is 19.4. The van der Waals surface area contributed by atoms with E-state index in [1.807, 2.05) is 0 Å². The fraction of sp³-hybridized carbons (Fsp3) is 0.100. The molecule has 0 amide bonds. The minimum absolute atomic E-state index is 0.0232. The summed E-state index contributed by atoms with van der Waals surface area (Å²) >= 11 is 0. The van der Waals surface area contributed by atoms with E-state index in [2.05, 4.69) is 4.74 Å². The molecule has 0 heterocycles. The van der Waals surface area contributed by atoms with Gasteiger partial charge in [-0.1, -0.05) is 12.1 Å². The van der Waals surface area contributed by atoms with Gasteiger partial charge < -0.3 is 9.84 Å². The molecule has 0 saturated heterocycles. The average molecular weight is 232 g/mol. The molecule has 1 aromatic carbocycles. The second-order valence-corrected chi connectivity index (χ2v) is 2.79. The number of halogens is 3. The number of aromatic hydroxyl groups is 1. The summed E-state index contributed by atoms with van der Waals surface area (Å²) in [5, 5.41) is 8.92. The molecule has 0 aliphatic rings. The zero-order valence-corrected chi connectivity index (χ0v) is 7.86. The molecule has 1 N–H and O–H groups in total. The van der Waals surface area contributed by atoms with Crippen LogP contribution in [0.15, 0.2) is 30.3 Å². The first-order valence-corrected chi connectivity index (χ1v) is 4.13. The van der Waals surface area contributed by atoms with Crippen LogP contribution in [-0.2, 0) is 9.53 Å². The SMILES string of the molecule is O=C(C=Cc1ccc(O)cc1)OC(F)(F)F. The Hall–Kier alpha value is -1.98. The number of carbonyl (C=O) groups excluding carboxylic acids is 1. The van der Waals surface area contributed by atoms with E-state index in [4.69, 9.17) is 5.11 Å². The van der Waals surface area contributed by atoms with Gasteiger partial charge in [-0.05, 0) is 23.8 Å². The molecule has 0 fully saturated rings. The standard InChI is InChI=1S/C10H7F3O3/c11-10(12,13)16-9(15)6-3-7-1-4-8(14)5-2-7/h1-6,14H. The van der Waals surface area contributed by atoms with Crippen molar-refractivity contribution >= 4 is 12.0 Å². The van der Waals surface area contributed by atoms with E-state index in [1.54, 1.807) is 0 Å². The molecule has 0 saturated carbocycles. The van der Waals surface area contributed by atoms with Crippen LogP contribution in [0.2, 0.25) is 0 Å². The monoisotopic (exact) mass is 232 g/mol. The lowest BCUT2D eigenvalue weighted by molar-refractivity contribution is -0.302. The molecule has 0 spiro atoms. The highest BCUT2D eigenvalue weighted by Crippen LogP contribution is 2.17. The lowest BCUT2D eigenvalue weighted by Gasteiger charge is -2.03. The van der Waals surface area contributed by atoms with Crippen LogP contribution in [0.4, 0.5) is 13.2 Å². The zero-order chi connectivity index (χ0) is 12.2. The molecule has 86 valence electrons. The molecular weight excluding hydrogens is 225 g/mol. The molecule has 0 unspecified atom stereocenters. The Morgan fingerprint density at radius 3 is 2.31 bits per heavy atom. The summed E-state index contributed by atoms with van der Waals surface area (Å²) in [5.41, 5.74) is 0.469. The Kier molecular flexibility index (Phi) is 3.55. The number of hydrogen-bond acceptors (Lipinski definition) is 3. The van der Waals surface area contributed by atoms with Gasteiger partial charge in [0, 0.05) is 6.08 Å². The third-order valence-corrected chi connectivity index (χ3v) is 1.52. The van der Waals surface area contributed by atoms with Crippen molar-refractivity contribution in [2.75, 3.05) is 0 Å². The molecular formula is C10H7F3O3. The van der Waals surface area contributed by atoms with Crippen molar-refractivity contribution in [2.24, 2.45) is 0 Å². The van der Waals surface area contributed by atoms with E-state index in [9.17, 15) is 18.0 Å². The van der Waals surface area contributed by atoms with Crippen molar-refractivity contribution in [1.82, 2.24) is 0 Å². The molecule has 0 aromatic heterocycles. The second-order valence-electron chi connectivity index (χ2n) is 2.79. The van der Waals surface area contributed by atoms with Crippen LogP contribution < -0.4 is 0 Å². The molecule has 16 heavy (non-hydrogen) atoms. The number of benzene rings is 1. The van der Waals surface area contributed by atoms with Crippen molar-refractivity contribution in [3.05, 3.63) is 35.9 Å². The summed E-state index contributed by atoms with van der Waals surface area (Å²) in [7, 11) is 0. The van der Waals surface area contributed by atoms with Gasteiger partial charge in [-0.3, -0.25) is 0 Å². The van der Waals surface area contributed by atoms with E-state index in [0.29, 0.717) is 11.6 Å². The Morgan fingerprint density at radius 1 is 1.25 bits per heavy atom. The van der Waals surface area contributed by atoms with Crippen LogP contribution in [-0.4, -0.2) is 17.4 Å². The first-order valence-electron chi connectivity index (χ1n) is 4.13. The van der Waals surface area contributed by atoms with Gasteiger partial charge in [-0.2, -0.15) is 0 Å². The maximum absolute atomic E-state index is 11.6. The van der Waals surface area contributed by atoms with E-state index in [-0.39, 0.29) is 5.75 Å². The van der Waals surface area contributed by atoms with Crippen molar-refractivity contribution in [3.63, 3.8) is 0 Å². The van der Waals surface area contributed by atoms with Gasteiger partial charge in [0.1, 0.15) is 5.75 Å². The number of hydrogen-bond donors (Lipinski definition) is 1. The number of rotatable bonds is 2. The molecule has 0 aliphatic heterocycles. The highest BCUT2D eigenvalue weighted by molar-refractivity contribution is 5.87. The van der Waals surface area contributed by atoms with Crippen LogP contribution in [0.3, 0.4) is 0 Å². The number of phenols is 1. The third kappa shape index (κ3) is 4.50. The molecule has 0 aliphatic carbocycles. The Balaban J connectivity index is 2.60. The molecule has 6 heteroatoms. The normalized spacial score (nSPS) is 11.7. The minimum Gasteiger partial charge on any atom is -0.508 e. The highest BCUT2D eigenvalue weighted by Gasteiger charge is 2.32. The van der Waals surface area contributed by atoms with E-state index in [0.717, 1.165) is 6.08 Å². The van der Waals surface area contributed by atoms with Gasteiger partial charge in [-0.15, -0.1) is 13.2 Å². The van der Waals surface area contributed by atoms with Crippen LogP contribution in [0.25, 0.3) is 6.08 Å². The average Bonchev–Trinajstić information content (AvgIpc) is 2.14. The summed E-state index contributed by atoms with van der Waals surface area (Å²) < 4.78 is 37.8. The summed E-state index contributed by atoms with van der Waals surface area (Å²) in [6.07, 6.45) is -3.18. The smallest absolute Gasteiger partial charge is 0.508 e. The zero-order valence-electron chi connectivity index (χ0n) is 7.86. The van der Waals surface area contributed by atoms with Crippen molar-refractivity contribution in [2.45, 2.75) is 6.36 Å². The van der Waals surface area contributed by atoms with Gasteiger partial charge in [0.15, 0.2) is 0 Å². The van der Waals surface area contributed by atoms with Crippen LogP contribution in [0.5, 0.6) is 5.75 Å². The van der Waals surface area contributed by atoms with Gasteiger partial charge in [0.25, 0.3) is 0 Å². The Morgan fingerprint density at radius 2 is 1.81 bits per heavy atom. The third-order valence-electron chi connectivity index (χ3n) is 1.52. The lowest BCUT2D eigenvalue weighted by Crippen LogP contribution is -2.17. The largest absolute Gasteiger partial charge is 0.575 e. The topological polar surface area (TPSA) is 46.5 Å². The number of phenolic OH excluding ortho intramolecular Hbond substituents is 1. The molecule has 0 bridgehead atoms. The van der Waals surface area contributed by atoms with Crippen molar-refractivity contribution in [3.8, 4) is 5.75 Å². The number of esters is 1. The van der Waals surface area contributed by atoms with E-state index in [1.165, 1.54) is 24.3 Å². The molecule has 3 nitrogen and oxygen atoms in total. The maximum Gasteiger partial charge on any atom is 0.575 e. The first-order chi connectivity index (χ1) is 7.37. The van der Waals surface area contributed by atoms with Gasteiger partial charge >= 0.3 is 12.3 Å². The predicted octanol–water partition coefficient (Wildman–Crippen LogP) is 2.47. The number of carbonyl (C=O) groups is 1. The van der Waals surface area contributed by atoms with E-state index < -0.39 is 12.3 Å². The second kappa shape index (κ2) is 4.69. The quantitative estimate of drug-likeness (QED) is 0.629. The maximum atomic E-state index is 11.6. The molecule has 1 rings (SSSR count). The first kappa shape index (κ1) is 12.1. The Bertz CT molecular complexity index is 393. The Labute approximate surface area is 88.8 Å². The fourth-order valence-electron chi connectivity index (χ4n) is 0.898. The molecule has 0 atom stereocenters.